The molecule has 0 aliphatic carbocycles. The molecule has 0 aliphatic heterocycles. The summed E-state index contributed by atoms with van der Waals surface area (Å²) in [7, 11) is 4.23. The van der Waals surface area contributed by atoms with Crippen LogP contribution in [-0.2, 0) is 14.1 Å². The molecule has 0 bridgehead atoms. The van der Waals surface area contributed by atoms with Gasteiger partial charge in [-0.2, -0.15) is 0 Å². The third kappa shape index (κ3) is 3.25. The molecule has 0 aliphatic rings. The van der Waals surface area contributed by atoms with Crippen molar-refractivity contribution in [1.82, 2.24) is 9.13 Å². The molecule has 30 heavy (non-hydrogen) atoms. The second-order valence-electron chi connectivity index (χ2n) is 7.19. The summed E-state index contributed by atoms with van der Waals surface area (Å²) >= 11 is 0. The highest BCUT2D eigenvalue weighted by molar-refractivity contribution is 6.08. The van der Waals surface area contributed by atoms with Gasteiger partial charge in [0.2, 0.25) is 0 Å². The Morgan fingerprint density at radius 3 is 0.800 bits per heavy atom. The summed E-state index contributed by atoms with van der Waals surface area (Å²) in [4.78, 5) is 0. The fourth-order valence-corrected chi connectivity index (χ4v) is 4.24. The van der Waals surface area contributed by atoms with E-state index in [1.807, 2.05) is 13.8 Å². The molecule has 0 unspecified atom stereocenters. The molecule has 0 spiro atoms. The Morgan fingerprint density at radius 2 is 0.567 bits per heavy atom. The molecule has 0 saturated carbocycles. The van der Waals surface area contributed by atoms with E-state index in [0.29, 0.717) is 0 Å². The fourth-order valence-electron chi connectivity index (χ4n) is 4.24. The van der Waals surface area contributed by atoms with Crippen LogP contribution in [0.25, 0.3) is 43.6 Å². The predicted octanol–water partition coefficient (Wildman–Crippen LogP) is 7.69. The van der Waals surface area contributed by atoms with Gasteiger partial charge >= 0.3 is 0 Å². The lowest BCUT2D eigenvalue weighted by atomic mass is 10.2. The molecule has 2 nitrogen and oxygen atoms in total. The molecule has 4 aromatic carbocycles. The van der Waals surface area contributed by atoms with E-state index in [1.165, 1.54) is 43.6 Å². The molecule has 0 atom stereocenters. The molecular formula is C28H28N2. The first kappa shape index (κ1) is 19.8. The molecule has 2 aromatic heterocycles. The van der Waals surface area contributed by atoms with Crippen molar-refractivity contribution < 1.29 is 0 Å². The Balaban J connectivity index is 0.000000134. The lowest BCUT2D eigenvalue weighted by Gasteiger charge is -1.95. The van der Waals surface area contributed by atoms with E-state index >= 15 is 0 Å². The van der Waals surface area contributed by atoms with Gasteiger partial charge in [-0.05, 0) is 24.3 Å². The molecule has 0 amide bonds. The van der Waals surface area contributed by atoms with Gasteiger partial charge in [-0.15, -0.1) is 0 Å². The Morgan fingerprint density at radius 1 is 0.367 bits per heavy atom. The summed E-state index contributed by atoms with van der Waals surface area (Å²) in [6.45, 7) is 4.00. The molecule has 6 aromatic rings. The first-order valence-electron chi connectivity index (χ1n) is 10.6. The van der Waals surface area contributed by atoms with Crippen LogP contribution in [0.2, 0.25) is 0 Å². The molecule has 2 heterocycles. The lowest BCUT2D eigenvalue weighted by Crippen LogP contribution is -1.84. The van der Waals surface area contributed by atoms with Gasteiger partial charge in [0.15, 0.2) is 0 Å². The Bertz CT molecular complexity index is 1210. The van der Waals surface area contributed by atoms with Crippen LogP contribution in [0.3, 0.4) is 0 Å². The molecule has 0 saturated heterocycles. The fraction of sp³-hybridized carbons (Fsp3) is 0.143. The first-order chi connectivity index (χ1) is 14.8. The van der Waals surface area contributed by atoms with Crippen LogP contribution >= 0.6 is 0 Å². The maximum Gasteiger partial charge on any atom is 0.0488 e. The third-order valence-electron chi connectivity index (χ3n) is 5.64. The minimum Gasteiger partial charge on any atom is -0.344 e. The topological polar surface area (TPSA) is 9.86 Å². The van der Waals surface area contributed by atoms with E-state index in [9.17, 15) is 0 Å². The van der Waals surface area contributed by atoms with Crippen LogP contribution in [0.15, 0.2) is 97.1 Å². The quantitative estimate of drug-likeness (QED) is 0.251. The first-order valence-corrected chi connectivity index (χ1v) is 10.6. The Kier molecular flexibility index (Phi) is 5.58. The molecule has 150 valence electrons. The van der Waals surface area contributed by atoms with Gasteiger partial charge in [0.1, 0.15) is 0 Å². The normalized spacial score (nSPS) is 10.7. The van der Waals surface area contributed by atoms with Gasteiger partial charge in [0.05, 0.1) is 0 Å². The van der Waals surface area contributed by atoms with Crippen molar-refractivity contribution in [3.63, 3.8) is 0 Å². The zero-order valence-electron chi connectivity index (χ0n) is 18.1. The average Bonchev–Trinajstić information content (AvgIpc) is 3.29. The van der Waals surface area contributed by atoms with Crippen molar-refractivity contribution in [3.8, 4) is 0 Å². The molecule has 0 fully saturated rings. The number of para-hydroxylation sites is 4. The second-order valence-corrected chi connectivity index (χ2v) is 7.19. The highest BCUT2D eigenvalue weighted by Crippen LogP contribution is 2.28. The number of hydrogen-bond donors (Lipinski definition) is 0. The number of nitrogens with zero attached hydrogens (tertiary/aromatic N) is 2. The Hall–Kier alpha value is -3.52. The average molecular weight is 393 g/mol. The summed E-state index contributed by atoms with van der Waals surface area (Å²) in [6.07, 6.45) is 0. The summed E-state index contributed by atoms with van der Waals surface area (Å²) < 4.78 is 4.48. The summed E-state index contributed by atoms with van der Waals surface area (Å²) in [5, 5.41) is 5.35. The predicted molar refractivity (Wildman–Crippen MR) is 132 cm³/mol. The van der Waals surface area contributed by atoms with Crippen molar-refractivity contribution >= 4 is 43.6 Å². The molecular weight excluding hydrogens is 364 g/mol. The van der Waals surface area contributed by atoms with Crippen molar-refractivity contribution in [2.45, 2.75) is 13.8 Å². The zero-order valence-corrected chi connectivity index (χ0v) is 18.1. The second kappa shape index (κ2) is 8.46. The third-order valence-corrected chi connectivity index (χ3v) is 5.64. The summed E-state index contributed by atoms with van der Waals surface area (Å²) in [5.41, 5.74) is 5.20. The van der Waals surface area contributed by atoms with Gasteiger partial charge in [0, 0.05) is 57.7 Å². The number of hydrogen-bond acceptors (Lipinski definition) is 0. The number of fused-ring (bicyclic) bond motifs is 6. The van der Waals surface area contributed by atoms with E-state index in [1.54, 1.807) is 0 Å². The Labute approximate surface area is 178 Å². The van der Waals surface area contributed by atoms with Gasteiger partial charge in [-0.3, -0.25) is 0 Å². The minimum absolute atomic E-state index is 1.30. The van der Waals surface area contributed by atoms with E-state index in [4.69, 9.17) is 0 Å². The van der Waals surface area contributed by atoms with Crippen LogP contribution in [-0.4, -0.2) is 9.13 Å². The standard InChI is InChI=1S/2C13H11N.C2H6/c2*1-14-12-8-4-2-6-10(12)11-7-3-5-9-13(11)14;1-2/h2*2-9H,1H3;1-2H3. The van der Waals surface area contributed by atoms with Gasteiger partial charge in [-0.1, -0.05) is 86.6 Å². The van der Waals surface area contributed by atoms with Crippen LogP contribution in [0.5, 0.6) is 0 Å². The van der Waals surface area contributed by atoms with Crippen molar-refractivity contribution in [2.24, 2.45) is 14.1 Å². The highest BCUT2D eigenvalue weighted by atomic mass is 14.9. The minimum atomic E-state index is 1.30. The van der Waals surface area contributed by atoms with Crippen molar-refractivity contribution in [2.75, 3.05) is 0 Å². The SMILES string of the molecule is CC.Cn1c2ccccc2c2ccccc21.Cn1c2ccccc2c2ccccc21. The van der Waals surface area contributed by atoms with E-state index in [-0.39, 0.29) is 0 Å². The number of benzene rings is 4. The van der Waals surface area contributed by atoms with E-state index in [0.717, 1.165) is 0 Å². The van der Waals surface area contributed by atoms with Gasteiger partial charge < -0.3 is 9.13 Å². The van der Waals surface area contributed by atoms with Crippen molar-refractivity contribution in [3.05, 3.63) is 97.1 Å². The van der Waals surface area contributed by atoms with Crippen LogP contribution in [0, 0.1) is 0 Å². The van der Waals surface area contributed by atoms with Gasteiger partial charge in [-0.25, -0.2) is 0 Å². The summed E-state index contributed by atoms with van der Waals surface area (Å²) in [6, 6.07) is 34.1. The van der Waals surface area contributed by atoms with E-state index in [2.05, 4.69) is 120 Å². The maximum atomic E-state index is 2.24. The van der Waals surface area contributed by atoms with E-state index < -0.39 is 0 Å². The lowest BCUT2D eigenvalue weighted by molar-refractivity contribution is 1.01. The van der Waals surface area contributed by atoms with Crippen LogP contribution in [0.1, 0.15) is 13.8 Å². The van der Waals surface area contributed by atoms with Crippen molar-refractivity contribution in [1.29, 1.82) is 0 Å². The largest absolute Gasteiger partial charge is 0.344 e. The monoisotopic (exact) mass is 392 g/mol. The van der Waals surface area contributed by atoms with Crippen LogP contribution < -0.4 is 0 Å². The van der Waals surface area contributed by atoms with Gasteiger partial charge in [0.25, 0.3) is 0 Å². The number of aromatic nitrogens is 2. The highest BCUT2D eigenvalue weighted by Gasteiger charge is 2.06. The smallest absolute Gasteiger partial charge is 0.0488 e. The molecule has 0 radical (unpaired) electrons. The summed E-state index contributed by atoms with van der Waals surface area (Å²) in [5.74, 6) is 0. The zero-order chi connectivity index (χ0) is 21.1. The molecule has 6 rings (SSSR count). The number of rotatable bonds is 0. The van der Waals surface area contributed by atoms with Crippen LogP contribution in [0.4, 0.5) is 0 Å². The molecule has 0 N–H and O–H groups in total. The molecule has 2 heteroatoms. The number of aryl methyl sites for hydroxylation is 2. The maximum absolute atomic E-state index is 2.24.